The van der Waals surface area contributed by atoms with Crippen molar-refractivity contribution in [3.63, 3.8) is 0 Å². The van der Waals surface area contributed by atoms with Crippen molar-refractivity contribution in [2.24, 2.45) is 0 Å². The lowest BCUT2D eigenvalue weighted by molar-refractivity contribution is -0.137. The van der Waals surface area contributed by atoms with E-state index in [-0.39, 0.29) is 17.2 Å². The smallest absolute Gasteiger partial charge is 0.382 e. The molecule has 0 aliphatic heterocycles. The van der Waals surface area contributed by atoms with Crippen molar-refractivity contribution in [1.29, 1.82) is 0 Å². The molecule has 0 amide bonds. The van der Waals surface area contributed by atoms with Gasteiger partial charge in [0.1, 0.15) is 0 Å². The zero-order valence-corrected chi connectivity index (χ0v) is 11.2. The minimum Gasteiger partial charge on any atom is -0.382 e. The van der Waals surface area contributed by atoms with Crippen LogP contribution in [0.2, 0.25) is 5.02 Å². The van der Waals surface area contributed by atoms with Gasteiger partial charge in [0.25, 0.3) is 0 Å². The van der Waals surface area contributed by atoms with Crippen molar-refractivity contribution >= 4 is 17.3 Å². The second-order valence-corrected chi connectivity index (χ2v) is 5.05. The van der Waals surface area contributed by atoms with E-state index in [2.05, 4.69) is 5.32 Å². The van der Waals surface area contributed by atoms with Gasteiger partial charge in [-0.25, -0.2) is 0 Å². The molecule has 0 heterocycles. The number of benzene rings is 1. The first-order chi connectivity index (χ1) is 8.88. The lowest BCUT2D eigenvalue weighted by Gasteiger charge is -2.36. The van der Waals surface area contributed by atoms with Gasteiger partial charge in [0.2, 0.25) is 0 Å². The predicted octanol–water partition coefficient (Wildman–Crippen LogP) is 4.34. The molecule has 0 atom stereocenters. The molecule has 1 aliphatic rings. The maximum atomic E-state index is 12.6. The van der Waals surface area contributed by atoms with Crippen molar-refractivity contribution in [3.8, 4) is 0 Å². The number of nitrogens with one attached hydrogen (secondary N) is 1. The summed E-state index contributed by atoms with van der Waals surface area (Å²) >= 11 is 5.71. The van der Waals surface area contributed by atoms with Crippen LogP contribution in [0.5, 0.6) is 0 Å². The highest BCUT2D eigenvalue weighted by Gasteiger charge is 2.32. The summed E-state index contributed by atoms with van der Waals surface area (Å²) in [5.74, 6) is 0. The lowest BCUT2D eigenvalue weighted by atomic mass is 9.89. The summed E-state index contributed by atoms with van der Waals surface area (Å²) in [5, 5.41) is 3.14. The Labute approximate surface area is 114 Å². The second-order valence-electron chi connectivity index (χ2n) is 4.62. The summed E-state index contributed by atoms with van der Waals surface area (Å²) in [6, 6.07) is 3.66. The molecule has 0 bridgehead atoms. The van der Waals surface area contributed by atoms with E-state index in [4.69, 9.17) is 16.3 Å². The Kier molecular flexibility index (Phi) is 4.26. The van der Waals surface area contributed by atoms with Crippen LogP contribution in [-0.4, -0.2) is 18.8 Å². The van der Waals surface area contributed by atoms with Gasteiger partial charge < -0.3 is 10.1 Å². The zero-order chi connectivity index (χ0) is 14.0. The van der Waals surface area contributed by atoms with Gasteiger partial charge in [-0.15, -0.1) is 0 Å². The average molecular weight is 294 g/mol. The van der Waals surface area contributed by atoms with E-state index in [0.717, 1.165) is 25.0 Å². The van der Waals surface area contributed by atoms with Crippen molar-refractivity contribution in [2.45, 2.75) is 38.1 Å². The Balaban J connectivity index is 2.00. The number of ether oxygens (including phenoxy) is 1. The van der Waals surface area contributed by atoms with Gasteiger partial charge in [-0.3, -0.25) is 0 Å². The van der Waals surface area contributed by atoms with Gasteiger partial charge in [0, 0.05) is 23.4 Å². The van der Waals surface area contributed by atoms with Crippen molar-refractivity contribution in [2.75, 3.05) is 11.9 Å². The van der Waals surface area contributed by atoms with Crippen LogP contribution in [0.25, 0.3) is 0 Å². The average Bonchev–Trinajstić information content (AvgIpc) is 2.24. The van der Waals surface area contributed by atoms with Crippen LogP contribution in [0.15, 0.2) is 18.2 Å². The van der Waals surface area contributed by atoms with Gasteiger partial charge in [-0.05, 0) is 38.0 Å². The summed E-state index contributed by atoms with van der Waals surface area (Å²) in [7, 11) is 0. The molecule has 106 valence electrons. The van der Waals surface area contributed by atoms with Crippen LogP contribution in [0.1, 0.15) is 25.3 Å². The Morgan fingerprint density at radius 2 is 2.00 bits per heavy atom. The number of rotatable bonds is 4. The van der Waals surface area contributed by atoms with Crippen LogP contribution in [0, 0.1) is 0 Å². The Morgan fingerprint density at radius 1 is 1.32 bits per heavy atom. The molecule has 1 fully saturated rings. The molecular formula is C13H15ClF3NO. The van der Waals surface area contributed by atoms with Crippen molar-refractivity contribution in [1.82, 2.24) is 0 Å². The summed E-state index contributed by atoms with van der Waals surface area (Å²) in [4.78, 5) is 0. The molecule has 0 spiro atoms. The minimum atomic E-state index is -4.38. The van der Waals surface area contributed by atoms with Gasteiger partial charge >= 0.3 is 6.18 Å². The molecule has 1 N–H and O–H groups in total. The zero-order valence-electron chi connectivity index (χ0n) is 10.4. The first-order valence-electron chi connectivity index (χ1n) is 6.14. The van der Waals surface area contributed by atoms with Crippen molar-refractivity contribution < 1.29 is 17.9 Å². The molecule has 6 heteroatoms. The highest BCUT2D eigenvalue weighted by Crippen LogP contribution is 2.34. The highest BCUT2D eigenvalue weighted by atomic mass is 35.5. The fourth-order valence-corrected chi connectivity index (χ4v) is 2.36. The monoisotopic (exact) mass is 293 g/mol. The molecule has 0 saturated heterocycles. The summed E-state index contributed by atoms with van der Waals surface area (Å²) in [6.07, 6.45) is -2.55. The molecule has 0 unspecified atom stereocenters. The third kappa shape index (κ3) is 3.76. The molecule has 19 heavy (non-hydrogen) atoms. The first kappa shape index (κ1) is 14.5. The standard InChI is InChI=1S/C13H15ClF3NO/c1-2-19-12-6-11(7-12)18-10-4-8(13(15,16)17)3-9(14)5-10/h3-5,11-12,18H,2,6-7H2,1H3. The normalized spacial score (nSPS) is 23.0. The van der Waals surface area contributed by atoms with E-state index < -0.39 is 11.7 Å². The molecule has 1 aromatic rings. The maximum Gasteiger partial charge on any atom is 0.416 e. The third-order valence-electron chi connectivity index (χ3n) is 3.09. The molecule has 2 rings (SSSR count). The minimum absolute atomic E-state index is 0.0815. The molecule has 2 nitrogen and oxygen atoms in total. The van der Waals surface area contributed by atoms with Crippen LogP contribution in [0.4, 0.5) is 18.9 Å². The molecule has 1 saturated carbocycles. The van der Waals surface area contributed by atoms with E-state index in [0.29, 0.717) is 12.3 Å². The number of hydrogen-bond donors (Lipinski definition) is 1. The molecule has 1 aromatic carbocycles. The Bertz CT molecular complexity index is 444. The largest absolute Gasteiger partial charge is 0.416 e. The molecule has 0 radical (unpaired) electrons. The predicted molar refractivity (Wildman–Crippen MR) is 68.5 cm³/mol. The van der Waals surface area contributed by atoms with E-state index in [1.807, 2.05) is 6.92 Å². The van der Waals surface area contributed by atoms with Crippen LogP contribution in [-0.2, 0) is 10.9 Å². The van der Waals surface area contributed by atoms with E-state index in [1.54, 1.807) is 0 Å². The topological polar surface area (TPSA) is 21.3 Å². The number of hydrogen-bond acceptors (Lipinski definition) is 2. The SMILES string of the molecule is CCOC1CC(Nc2cc(Cl)cc(C(F)(F)F)c2)C1. The summed E-state index contributed by atoms with van der Waals surface area (Å²) in [5.41, 5.74) is -0.331. The van der Waals surface area contributed by atoms with Crippen LogP contribution in [0.3, 0.4) is 0 Å². The number of anilines is 1. The number of alkyl halides is 3. The van der Waals surface area contributed by atoms with Gasteiger partial charge in [-0.2, -0.15) is 13.2 Å². The van der Waals surface area contributed by atoms with Gasteiger partial charge in [0.15, 0.2) is 0 Å². The second kappa shape index (κ2) is 5.59. The maximum absolute atomic E-state index is 12.6. The van der Waals surface area contributed by atoms with E-state index >= 15 is 0 Å². The summed E-state index contributed by atoms with van der Waals surface area (Å²) in [6.45, 7) is 2.58. The Hall–Kier alpha value is -0.940. The van der Waals surface area contributed by atoms with E-state index in [9.17, 15) is 13.2 Å². The number of halogens is 4. The summed E-state index contributed by atoms with van der Waals surface area (Å²) < 4.78 is 43.3. The molecule has 1 aliphatic carbocycles. The third-order valence-corrected chi connectivity index (χ3v) is 3.31. The molecular weight excluding hydrogens is 279 g/mol. The van der Waals surface area contributed by atoms with Gasteiger partial charge in [-0.1, -0.05) is 11.6 Å². The molecule has 0 aromatic heterocycles. The lowest BCUT2D eigenvalue weighted by Crippen LogP contribution is -2.40. The van der Waals surface area contributed by atoms with Crippen LogP contribution < -0.4 is 5.32 Å². The fraction of sp³-hybridized carbons (Fsp3) is 0.538. The van der Waals surface area contributed by atoms with Crippen molar-refractivity contribution in [3.05, 3.63) is 28.8 Å². The van der Waals surface area contributed by atoms with Crippen LogP contribution >= 0.6 is 11.6 Å². The fourth-order valence-electron chi connectivity index (χ4n) is 2.13. The Morgan fingerprint density at radius 3 is 2.58 bits per heavy atom. The van der Waals surface area contributed by atoms with Gasteiger partial charge in [0.05, 0.1) is 11.7 Å². The first-order valence-corrected chi connectivity index (χ1v) is 6.52. The quantitative estimate of drug-likeness (QED) is 0.892. The highest BCUT2D eigenvalue weighted by molar-refractivity contribution is 6.30. The van der Waals surface area contributed by atoms with E-state index in [1.165, 1.54) is 6.07 Å².